The number of rotatable bonds is 6. The van der Waals surface area contributed by atoms with E-state index in [0.717, 1.165) is 16.7 Å². The minimum Gasteiger partial charge on any atom is -0.496 e. The molecule has 2 N–H and O–H groups in total. The Balaban J connectivity index is 2.10. The normalized spacial score (nSPS) is 18.4. The van der Waals surface area contributed by atoms with Gasteiger partial charge in [0.25, 0.3) is 17.9 Å². The number of methoxy groups -OCH3 is 1. The molecule has 0 bridgehead atoms. The molecule has 27 heavy (non-hydrogen) atoms. The third-order valence-corrected chi connectivity index (χ3v) is 4.59. The van der Waals surface area contributed by atoms with Gasteiger partial charge in [-0.1, -0.05) is 12.2 Å². The molecule has 6 heteroatoms. The van der Waals surface area contributed by atoms with Crippen molar-refractivity contribution in [3.05, 3.63) is 59.3 Å². The lowest BCUT2D eigenvalue weighted by Crippen LogP contribution is -2.79. The van der Waals surface area contributed by atoms with Crippen LogP contribution >= 0.6 is 0 Å². The van der Waals surface area contributed by atoms with Gasteiger partial charge in [0.2, 0.25) is 0 Å². The summed E-state index contributed by atoms with van der Waals surface area (Å²) in [6, 6.07) is 4.92. The van der Waals surface area contributed by atoms with Crippen molar-refractivity contribution in [3.63, 3.8) is 0 Å². The van der Waals surface area contributed by atoms with Crippen molar-refractivity contribution in [2.45, 2.75) is 19.9 Å². The van der Waals surface area contributed by atoms with Gasteiger partial charge in [0, 0.05) is 47.6 Å². The largest absolute Gasteiger partial charge is 0.496 e. The van der Waals surface area contributed by atoms with Crippen molar-refractivity contribution < 1.29 is 19.3 Å². The Bertz CT molecular complexity index is 881. The summed E-state index contributed by atoms with van der Waals surface area (Å²) in [7, 11) is 1.60. The molecule has 0 saturated carbocycles. The first kappa shape index (κ1) is 18.6. The third kappa shape index (κ3) is 3.56. The lowest BCUT2D eigenvalue weighted by atomic mass is 9.89. The van der Waals surface area contributed by atoms with Gasteiger partial charge in [0.1, 0.15) is 5.75 Å². The predicted molar refractivity (Wildman–Crippen MR) is 104 cm³/mol. The fraction of sp³-hybridized carbons (Fsp3) is 0.286. The molecule has 0 saturated heterocycles. The summed E-state index contributed by atoms with van der Waals surface area (Å²) in [4.78, 5) is 29.8. The standard InChI is InChI=1S/C21H23N3O3/c1-4-6-11-24-13-17(15-9-10-23-19(15)21(24)26)16-12-14(20(25)22-5-2)7-8-18(16)27-3/h4,6-10,12-13,19H,5,11H2,1-3H3,(H,22,25)/p+1/b6-4+. The number of benzene rings is 1. The summed E-state index contributed by atoms with van der Waals surface area (Å²) >= 11 is 0. The number of carbonyl (C=O) groups is 2. The van der Waals surface area contributed by atoms with Gasteiger partial charge in [-0.25, -0.2) is 4.99 Å². The topological polar surface area (TPSA) is 72.6 Å². The Hall–Kier alpha value is -3.15. The van der Waals surface area contributed by atoms with Gasteiger partial charge in [-0.3, -0.25) is 9.59 Å². The monoisotopic (exact) mass is 366 g/mol. The number of hydrogen-bond donors (Lipinski definition) is 2. The molecule has 6 nitrogen and oxygen atoms in total. The summed E-state index contributed by atoms with van der Waals surface area (Å²) in [5, 5.41) is 2.81. The fourth-order valence-corrected chi connectivity index (χ4v) is 3.24. The Morgan fingerprint density at radius 1 is 1.41 bits per heavy atom. The van der Waals surface area contributed by atoms with Crippen LogP contribution in [-0.4, -0.2) is 49.2 Å². The van der Waals surface area contributed by atoms with E-state index in [-0.39, 0.29) is 11.8 Å². The SMILES string of the molecule is C/C=C/CN1C=C(c2cc(C(=O)NCC)ccc2OC)C2=CC=[NH+]C2C1=O. The lowest BCUT2D eigenvalue weighted by molar-refractivity contribution is -0.467. The van der Waals surface area contributed by atoms with Gasteiger partial charge in [-0.2, -0.15) is 0 Å². The van der Waals surface area contributed by atoms with Crippen molar-refractivity contribution in [3.8, 4) is 5.75 Å². The molecule has 1 aromatic carbocycles. The summed E-state index contributed by atoms with van der Waals surface area (Å²) in [6.45, 7) is 4.85. The molecular weight excluding hydrogens is 342 g/mol. The number of nitrogens with one attached hydrogen (secondary N) is 2. The molecule has 0 fully saturated rings. The van der Waals surface area contributed by atoms with Crippen molar-refractivity contribution in [2.75, 3.05) is 20.2 Å². The zero-order chi connectivity index (χ0) is 19.4. The van der Waals surface area contributed by atoms with Gasteiger partial charge in [0.15, 0.2) is 6.21 Å². The molecule has 0 aromatic heterocycles. The highest BCUT2D eigenvalue weighted by atomic mass is 16.5. The number of nitrogens with zero attached hydrogens (tertiary/aromatic N) is 1. The Kier molecular flexibility index (Phi) is 5.54. The average Bonchev–Trinajstić information content (AvgIpc) is 3.17. The van der Waals surface area contributed by atoms with E-state index in [0.29, 0.717) is 24.4 Å². The zero-order valence-electron chi connectivity index (χ0n) is 15.8. The molecule has 3 rings (SSSR count). The highest BCUT2D eigenvalue weighted by Crippen LogP contribution is 2.36. The molecule has 2 heterocycles. The fourth-order valence-electron chi connectivity index (χ4n) is 3.24. The van der Waals surface area contributed by atoms with E-state index in [1.165, 1.54) is 0 Å². The van der Waals surface area contributed by atoms with Crippen LogP contribution in [0.1, 0.15) is 29.8 Å². The highest BCUT2D eigenvalue weighted by Gasteiger charge is 2.40. The van der Waals surface area contributed by atoms with Crippen LogP contribution in [0.5, 0.6) is 5.75 Å². The van der Waals surface area contributed by atoms with E-state index in [9.17, 15) is 9.59 Å². The molecule has 2 aliphatic rings. The van der Waals surface area contributed by atoms with E-state index in [1.54, 1.807) is 30.4 Å². The minimum absolute atomic E-state index is 0.00398. The number of ether oxygens (including phenoxy) is 1. The first-order chi connectivity index (χ1) is 13.1. The van der Waals surface area contributed by atoms with Crippen LogP contribution in [0.15, 0.2) is 48.2 Å². The number of allylic oxidation sites excluding steroid dienone is 2. The maximum atomic E-state index is 12.7. The van der Waals surface area contributed by atoms with Crippen molar-refractivity contribution >= 4 is 23.6 Å². The number of fused-ring (bicyclic) bond motifs is 1. The van der Waals surface area contributed by atoms with Crippen LogP contribution in [-0.2, 0) is 4.79 Å². The Labute approximate surface area is 158 Å². The van der Waals surface area contributed by atoms with Gasteiger partial charge in [0.05, 0.1) is 7.11 Å². The molecule has 0 spiro atoms. The smallest absolute Gasteiger partial charge is 0.300 e. The van der Waals surface area contributed by atoms with Gasteiger partial charge < -0.3 is 15.0 Å². The second kappa shape index (κ2) is 8.03. The highest BCUT2D eigenvalue weighted by molar-refractivity contribution is 6.03. The number of hydrogen-bond acceptors (Lipinski definition) is 3. The first-order valence-corrected chi connectivity index (χ1v) is 9.00. The number of amides is 2. The van der Waals surface area contributed by atoms with Crippen molar-refractivity contribution in [1.82, 2.24) is 10.2 Å². The van der Waals surface area contributed by atoms with Crippen LogP contribution in [0.2, 0.25) is 0 Å². The average molecular weight is 366 g/mol. The molecule has 0 aliphatic carbocycles. The zero-order valence-corrected chi connectivity index (χ0v) is 15.8. The summed E-state index contributed by atoms with van der Waals surface area (Å²) in [5.41, 5.74) is 3.08. The maximum absolute atomic E-state index is 12.7. The molecule has 1 atom stereocenters. The second-order valence-electron chi connectivity index (χ2n) is 6.27. The van der Waals surface area contributed by atoms with Crippen LogP contribution < -0.4 is 15.0 Å². The van der Waals surface area contributed by atoms with Crippen LogP contribution in [0.3, 0.4) is 0 Å². The van der Waals surface area contributed by atoms with Crippen molar-refractivity contribution in [2.24, 2.45) is 0 Å². The summed E-state index contributed by atoms with van der Waals surface area (Å²) in [5.74, 6) is 0.512. The molecule has 0 radical (unpaired) electrons. The molecular formula is C21H24N3O3+. The van der Waals surface area contributed by atoms with E-state index < -0.39 is 6.04 Å². The lowest BCUT2D eigenvalue weighted by Gasteiger charge is -2.27. The van der Waals surface area contributed by atoms with Crippen LogP contribution in [0.4, 0.5) is 0 Å². The maximum Gasteiger partial charge on any atom is 0.300 e. The Morgan fingerprint density at radius 3 is 2.93 bits per heavy atom. The minimum atomic E-state index is -0.423. The molecule has 140 valence electrons. The summed E-state index contributed by atoms with van der Waals surface area (Å²) < 4.78 is 5.54. The second-order valence-corrected chi connectivity index (χ2v) is 6.27. The van der Waals surface area contributed by atoms with Gasteiger partial charge >= 0.3 is 0 Å². The predicted octanol–water partition coefficient (Wildman–Crippen LogP) is 0.664. The number of carbonyl (C=O) groups excluding carboxylic acids is 2. The van der Waals surface area contributed by atoms with Crippen LogP contribution in [0.25, 0.3) is 5.57 Å². The van der Waals surface area contributed by atoms with Gasteiger partial charge in [-0.05, 0) is 32.0 Å². The molecule has 1 aromatic rings. The van der Waals surface area contributed by atoms with E-state index in [1.807, 2.05) is 44.3 Å². The van der Waals surface area contributed by atoms with Crippen molar-refractivity contribution in [1.29, 1.82) is 0 Å². The van der Waals surface area contributed by atoms with Gasteiger partial charge in [-0.15, -0.1) is 0 Å². The first-order valence-electron chi connectivity index (χ1n) is 9.00. The third-order valence-electron chi connectivity index (χ3n) is 4.59. The Morgan fingerprint density at radius 2 is 2.22 bits per heavy atom. The molecule has 2 aliphatic heterocycles. The van der Waals surface area contributed by atoms with E-state index >= 15 is 0 Å². The van der Waals surface area contributed by atoms with Crippen LogP contribution in [0, 0.1) is 0 Å². The van der Waals surface area contributed by atoms with E-state index in [2.05, 4.69) is 10.3 Å². The molecule has 2 amide bonds. The molecule has 1 unspecified atom stereocenters. The quantitative estimate of drug-likeness (QED) is 0.727. The summed E-state index contributed by atoms with van der Waals surface area (Å²) in [6.07, 6.45) is 9.37. The van der Waals surface area contributed by atoms with E-state index in [4.69, 9.17) is 4.74 Å².